The lowest BCUT2D eigenvalue weighted by atomic mass is 10.0. The Kier molecular flexibility index (Phi) is 8.22. The van der Waals surface area contributed by atoms with E-state index in [1.54, 1.807) is 20.8 Å². The highest BCUT2D eigenvalue weighted by Gasteiger charge is 2.24. The summed E-state index contributed by atoms with van der Waals surface area (Å²) in [5, 5.41) is 8.37. The molecule has 0 radical (unpaired) electrons. The predicted molar refractivity (Wildman–Crippen MR) is 79.5 cm³/mol. The Morgan fingerprint density at radius 1 is 1.15 bits per heavy atom. The molecule has 0 aliphatic rings. The molecule has 118 valence electrons. The first-order chi connectivity index (χ1) is 9.15. The second-order valence-electron chi connectivity index (χ2n) is 6.22. The largest absolute Gasteiger partial charge is 0.444 e. The van der Waals surface area contributed by atoms with Crippen LogP contribution >= 0.6 is 0 Å². The van der Waals surface area contributed by atoms with Crippen molar-refractivity contribution in [2.24, 2.45) is 5.92 Å². The van der Waals surface area contributed by atoms with Crippen LogP contribution in [0.2, 0.25) is 0 Å². The van der Waals surface area contributed by atoms with Gasteiger partial charge in [0.25, 0.3) is 0 Å². The van der Waals surface area contributed by atoms with Crippen molar-refractivity contribution in [2.45, 2.75) is 52.7 Å². The first-order valence-electron chi connectivity index (χ1n) is 7.07. The van der Waals surface area contributed by atoms with Gasteiger partial charge in [0, 0.05) is 13.1 Å². The van der Waals surface area contributed by atoms with Crippen LogP contribution in [0.25, 0.3) is 0 Å². The minimum Gasteiger partial charge on any atom is -0.444 e. The van der Waals surface area contributed by atoms with E-state index in [4.69, 9.17) is 4.74 Å². The Morgan fingerprint density at radius 3 is 2.20 bits per heavy atom. The third-order valence-electron chi connectivity index (χ3n) is 2.39. The molecular weight excluding hydrogens is 258 g/mol. The first kappa shape index (κ1) is 18.7. The summed E-state index contributed by atoms with van der Waals surface area (Å²) in [6.07, 6.45) is 0.0110. The molecule has 0 bridgehead atoms. The molecule has 20 heavy (non-hydrogen) atoms. The van der Waals surface area contributed by atoms with Gasteiger partial charge in [-0.1, -0.05) is 13.8 Å². The van der Waals surface area contributed by atoms with Gasteiger partial charge in [-0.25, -0.2) is 4.79 Å². The van der Waals surface area contributed by atoms with Gasteiger partial charge in [-0.15, -0.1) is 0 Å². The highest BCUT2D eigenvalue weighted by atomic mass is 16.6. The minimum atomic E-state index is -0.574. The van der Waals surface area contributed by atoms with Gasteiger partial charge in [0.1, 0.15) is 11.6 Å². The molecular formula is C14H29N3O3. The summed E-state index contributed by atoms with van der Waals surface area (Å²) < 4.78 is 5.18. The van der Waals surface area contributed by atoms with Crippen molar-refractivity contribution >= 4 is 12.0 Å². The summed E-state index contributed by atoms with van der Waals surface area (Å²) in [6.45, 7) is 10.6. The van der Waals surface area contributed by atoms with Crippen LogP contribution in [-0.2, 0) is 9.53 Å². The molecule has 6 nitrogen and oxygen atoms in total. The van der Waals surface area contributed by atoms with E-state index in [2.05, 4.69) is 16.0 Å². The Labute approximate surface area is 122 Å². The average Bonchev–Trinajstić information content (AvgIpc) is 2.25. The van der Waals surface area contributed by atoms with Gasteiger partial charge in [-0.05, 0) is 40.2 Å². The molecule has 3 N–H and O–H groups in total. The van der Waals surface area contributed by atoms with Crippen LogP contribution in [0.4, 0.5) is 4.79 Å². The van der Waals surface area contributed by atoms with Crippen molar-refractivity contribution in [3.63, 3.8) is 0 Å². The first-order valence-corrected chi connectivity index (χ1v) is 7.07. The van der Waals surface area contributed by atoms with Crippen molar-refractivity contribution < 1.29 is 14.3 Å². The Balaban J connectivity index is 4.47. The predicted octanol–water partition coefficient (Wildman–Crippen LogP) is 1.26. The van der Waals surface area contributed by atoms with Crippen LogP contribution in [0.1, 0.15) is 41.0 Å². The summed E-state index contributed by atoms with van der Waals surface area (Å²) in [4.78, 5) is 23.8. The van der Waals surface area contributed by atoms with Gasteiger partial charge in [0.2, 0.25) is 5.91 Å². The van der Waals surface area contributed by atoms with E-state index >= 15 is 0 Å². The number of ether oxygens (including phenoxy) is 1. The number of carbonyl (C=O) groups excluding carboxylic acids is 2. The molecule has 0 heterocycles. The Bertz CT molecular complexity index is 311. The molecule has 2 amide bonds. The topological polar surface area (TPSA) is 79.5 Å². The number of likely N-dealkylation sites (N-methyl/N-ethyl adjacent to an activating group) is 1. The monoisotopic (exact) mass is 287 g/mol. The van der Waals surface area contributed by atoms with Gasteiger partial charge < -0.3 is 20.7 Å². The molecule has 0 aliphatic carbocycles. The number of rotatable bonds is 7. The molecule has 6 heteroatoms. The van der Waals surface area contributed by atoms with E-state index in [1.807, 2.05) is 20.9 Å². The maximum Gasteiger partial charge on any atom is 0.408 e. The molecule has 0 aromatic heterocycles. The van der Waals surface area contributed by atoms with Crippen molar-refractivity contribution in [2.75, 3.05) is 20.1 Å². The SMILES string of the molecule is CNCCNC(=O)[C@H](CC(C)C)NC(=O)OC(C)(C)C. The Hall–Kier alpha value is -1.30. The molecule has 0 saturated carbocycles. The zero-order chi connectivity index (χ0) is 15.8. The molecule has 0 aromatic rings. The number of hydrogen-bond donors (Lipinski definition) is 3. The molecule has 0 spiro atoms. The minimum absolute atomic E-state index is 0.181. The molecule has 0 aromatic carbocycles. The van der Waals surface area contributed by atoms with E-state index in [9.17, 15) is 9.59 Å². The lowest BCUT2D eigenvalue weighted by molar-refractivity contribution is -0.123. The zero-order valence-corrected chi connectivity index (χ0v) is 13.5. The van der Waals surface area contributed by atoms with Crippen LogP contribution < -0.4 is 16.0 Å². The van der Waals surface area contributed by atoms with Crippen molar-refractivity contribution in [3.8, 4) is 0 Å². The van der Waals surface area contributed by atoms with E-state index in [1.165, 1.54) is 0 Å². The summed E-state index contributed by atoms with van der Waals surface area (Å²) in [7, 11) is 1.82. The molecule has 0 aliphatic heterocycles. The molecule has 0 rings (SSSR count). The number of carbonyl (C=O) groups is 2. The van der Waals surface area contributed by atoms with Crippen molar-refractivity contribution in [1.29, 1.82) is 0 Å². The fourth-order valence-corrected chi connectivity index (χ4v) is 1.59. The quantitative estimate of drug-likeness (QED) is 0.616. The maximum absolute atomic E-state index is 12.0. The number of nitrogens with one attached hydrogen (secondary N) is 3. The van der Waals surface area contributed by atoms with E-state index < -0.39 is 17.7 Å². The third-order valence-corrected chi connectivity index (χ3v) is 2.39. The summed E-state index contributed by atoms with van der Waals surface area (Å²) in [6, 6.07) is -0.568. The van der Waals surface area contributed by atoms with Crippen LogP contribution in [0.15, 0.2) is 0 Å². The van der Waals surface area contributed by atoms with Gasteiger partial charge >= 0.3 is 6.09 Å². The number of hydrogen-bond acceptors (Lipinski definition) is 4. The fourth-order valence-electron chi connectivity index (χ4n) is 1.59. The van der Waals surface area contributed by atoms with Crippen molar-refractivity contribution in [1.82, 2.24) is 16.0 Å². The van der Waals surface area contributed by atoms with Crippen LogP contribution in [-0.4, -0.2) is 43.8 Å². The lowest BCUT2D eigenvalue weighted by Gasteiger charge is -2.24. The van der Waals surface area contributed by atoms with Crippen LogP contribution in [0, 0.1) is 5.92 Å². The zero-order valence-electron chi connectivity index (χ0n) is 13.5. The van der Waals surface area contributed by atoms with Crippen LogP contribution in [0.3, 0.4) is 0 Å². The second kappa shape index (κ2) is 8.79. The van der Waals surface area contributed by atoms with Crippen LogP contribution in [0.5, 0.6) is 0 Å². The van der Waals surface area contributed by atoms with Gasteiger partial charge in [-0.3, -0.25) is 4.79 Å². The average molecular weight is 287 g/mol. The van der Waals surface area contributed by atoms with Crippen molar-refractivity contribution in [3.05, 3.63) is 0 Å². The Morgan fingerprint density at radius 2 is 1.75 bits per heavy atom. The van der Waals surface area contributed by atoms with Gasteiger partial charge in [-0.2, -0.15) is 0 Å². The highest BCUT2D eigenvalue weighted by Crippen LogP contribution is 2.09. The van der Waals surface area contributed by atoms with Gasteiger partial charge in [0.05, 0.1) is 0 Å². The summed E-state index contributed by atoms with van der Waals surface area (Å²) in [5.41, 5.74) is -0.574. The maximum atomic E-state index is 12.0. The summed E-state index contributed by atoms with van der Waals surface area (Å²) >= 11 is 0. The molecule has 0 saturated heterocycles. The summed E-state index contributed by atoms with van der Waals surface area (Å²) in [5.74, 6) is 0.116. The highest BCUT2D eigenvalue weighted by molar-refractivity contribution is 5.85. The molecule has 0 unspecified atom stereocenters. The molecule has 0 fully saturated rings. The number of amides is 2. The normalized spacial score (nSPS) is 12.9. The fraction of sp³-hybridized carbons (Fsp3) is 0.857. The standard InChI is InChI=1S/C14H29N3O3/c1-10(2)9-11(12(18)16-8-7-15-6)17-13(19)20-14(3,4)5/h10-11,15H,7-9H2,1-6H3,(H,16,18)(H,17,19)/t11-/m0/s1. The van der Waals surface area contributed by atoms with E-state index in [0.717, 1.165) is 0 Å². The molecule has 1 atom stereocenters. The smallest absolute Gasteiger partial charge is 0.408 e. The van der Waals surface area contributed by atoms with Gasteiger partial charge in [0.15, 0.2) is 0 Å². The third kappa shape index (κ3) is 9.61. The second-order valence-corrected chi connectivity index (χ2v) is 6.22. The lowest BCUT2D eigenvalue weighted by Crippen LogP contribution is -2.49. The number of alkyl carbamates (subject to hydrolysis) is 1. The van der Waals surface area contributed by atoms with E-state index in [-0.39, 0.29) is 5.91 Å². The van der Waals surface area contributed by atoms with E-state index in [0.29, 0.717) is 25.4 Å².